The highest BCUT2D eigenvalue weighted by Crippen LogP contribution is 2.33. The van der Waals surface area contributed by atoms with Crippen LogP contribution in [0.25, 0.3) is 0 Å². The number of ether oxygens (including phenoxy) is 3. The summed E-state index contributed by atoms with van der Waals surface area (Å²) in [7, 11) is 0. The third kappa shape index (κ3) is 4.02. The molecule has 1 aromatic heterocycles. The van der Waals surface area contributed by atoms with Crippen LogP contribution < -0.4 is 19.5 Å². The number of nitrogens with one attached hydrogen (secondary N) is 1. The van der Waals surface area contributed by atoms with Gasteiger partial charge in [-0.15, -0.1) is 0 Å². The van der Waals surface area contributed by atoms with Gasteiger partial charge >= 0.3 is 0 Å². The summed E-state index contributed by atoms with van der Waals surface area (Å²) >= 11 is 0. The van der Waals surface area contributed by atoms with E-state index in [4.69, 9.17) is 14.2 Å². The Balaban J connectivity index is 1.66. The molecule has 25 heavy (non-hydrogen) atoms. The van der Waals surface area contributed by atoms with Gasteiger partial charge in [0.15, 0.2) is 11.5 Å². The minimum absolute atomic E-state index is 0.0101. The number of hydrogen-bond acceptors (Lipinski definition) is 5. The number of benzene rings is 1. The Labute approximate surface area is 147 Å². The number of fused-ring (bicyclic) bond motifs is 1. The predicted molar refractivity (Wildman–Crippen MR) is 92.8 cm³/mol. The van der Waals surface area contributed by atoms with Gasteiger partial charge in [-0.1, -0.05) is 18.2 Å². The summed E-state index contributed by atoms with van der Waals surface area (Å²) in [5.74, 6) is 1.52. The summed E-state index contributed by atoms with van der Waals surface area (Å²) in [5, 5.41) is 2.88. The minimum atomic E-state index is -0.707. The van der Waals surface area contributed by atoms with Crippen molar-refractivity contribution in [3.8, 4) is 17.4 Å². The molecular formula is C19H22N2O4. The average Bonchev–Trinajstić information content (AvgIpc) is 2.59. The van der Waals surface area contributed by atoms with Crippen molar-refractivity contribution >= 4 is 5.91 Å². The average molecular weight is 342 g/mol. The van der Waals surface area contributed by atoms with E-state index in [1.807, 2.05) is 51.1 Å². The summed E-state index contributed by atoms with van der Waals surface area (Å²) in [6.45, 7) is 5.99. The van der Waals surface area contributed by atoms with Crippen LogP contribution >= 0.6 is 0 Å². The van der Waals surface area contributed by atoms with Gasteiger partial charge in [-0.05, 0) is 39.0 Å². The van der Waals surface area contributed by atoms with Gasteiger partial charge in [0.1, 0.15) is 6.10 Å². The third-order valence-electron chi connectivity index (χ3n) is 3.75. The first-order valence-corrected chi connectivity index (χ1v) is 8.35. The van der Waals surface area contributed by atoms with Gasteiger partial charge in [0.25, 0.3) is 5.91 Å². The molecule has 0 aliphatic carbocycles. The number of aromatic nitrogens is 1. The van der Waals surface area contributed by atoms with Crippen LogP contribution in [0.2, 0.25) is 0 Å². The molecule has 0 fully saturated rings. The molecule has 132 valence electrons. The van der Waals surface area contributed by atoms with E-state index >= 15 is 0 Å². The van der Waals surface area contributed by atoms with Crippen molar-refractivity contribution in [3.63, 3.8) is 0 Å². The zero-order chi connectivity index (χ0) is 17.8. The smallest absolute Gasteiger partial charge is 0.265 e. The number of hydrogen-bond donors (Lipinski definition) is 1. The molecule has 3 rings (SSSR count). The van der Waals surface area contributed by atoms with E-state index in [0.29, 0.717) is 23.9 Å². The van der Waals surface area contributed by atoms with E-state index in [9.17, 15) is 4.79 Å². The number of rotatable bonds is 5. The Kier molecular flexibility index (Phi) is 5.07. The highest BCUT2D eigenvalue weighted by atomic mass is 16.6. The summed E-state index contributed by atoms with van der Waals surface area (Å²) < 4.78 is 17.2. The molecule has 6 heteroatoms. The van der Waals surface area contributed by atoms with Crippen LogP contribution in [0.1, 0.15) is 26.3 Å². The van der Waals surface area contributed by atoms with Crippen molar-refractivity contribution in [2.45, 2.75) is 45.6 Å². The van der Waals surface area contributed by atoms with Crippen LogP contribution in [0.4, 0.5) is 0 Å². The number of amides is 1. The van der Waals surface area contributed by atoms with Crippen molar-refractivity contribution in [1.82, 2.24) is 10.3 Å². The largest absolute Gasteiger partial charge is 0.482 e. The van der Waals surface area contributed by atoms with Gasteiger partial charge in [0.2, 0.25) is 12.0 Å². The first-order valence-electron chi connectivity index (χ1n) is 8.35. The fraction of sp³-hybridized carbons (Fsp3) is 0.368. The maximum absolute atomic E-state index is 12.5. The molecule has 1 aromatic carbocycles. The third-order valence-corrected chi connectivity index (χ3v) is 3.75. The van der Waals surface area contributed by atoms with Crippen LogP contribution in [0.5, 0.6) is 17.4 Å². The Morgan fingerprint density at radius 2 is 1.92 bits per heavy atom. The van der Waals surface area contributed by atoms with Crippen molar-refractivity contribution in [2.75, 3.05) is 0 Å². The second-order valence-electron chi connectivity index (χ2n) is 6.16. The highest BCUT2D eigenvalue weighted by Gasteiger charge is 2.33. The van der Waals surface area contributed by atoms with E-state index in [1.54, 1.807) is 12.3 Å². The molecule has 2 atom stereocenters. The standard InChI is InChI=1S/C19H22N2O4/c1-12(2)23-19-14(7-6-10-20-19)11-21-18(22)17-13(3)24-15-8-4-5-9-16(15)25-17/h4-10,12-13,17H,11H2,1-3H3,(H,21,22)/t13-,17+/m0/s1. The van der Waals surface area contributed by atoms with E-state index in [2.05, 4.69) is 10.3 Å². The monoisotopic (exact) mass is 342 g/mol. The second kappa shape index (κ2) is 7.42. The SMILES string of the molecule is CC(C)Oc1ncccc1CNC(=O)[C@@H]1Oc2ccccc2O[C@H]1C. The molecule has 0 unspecified atom stereocenters. The summed E-state index contributed by atoms with van der Waals surface area (Å²) in [4.78, 5) is 16.8. The maximum Gasteiger partial charge on any atom is 0.265 e. The summed E-state index contributed by atoms with van der Waals surface area (Å²) in [5.41, 5.74) is 0.814. The molecule has 2 heterocycles. The molecule has 6 nitrogen and oxygen atoms in total. The van der Waals surface area contributed by atoms with Crippen molar-refractivity contribution in [2.24, 2.45) is 0 Å². The molecule has 0 saturated carbocycles. The molecule has 0 saturated heterocycles. The fourth-order valence-corrected chi connectivity index (χ4v) is 2.58. The van der Waals surface area contributed by atoms with Gasteiger partial charge in [0, 0.05) is 18.3 Å². The van der Waals surface area contributed by atoms with E-state index in [1.165, 1.54) is 0 Å². The van der Waals surface area contributed by atoms with Crippen molar-refractivity contribution < 1.29 is 19.0 Å². The predicted octanol–water partition coefficient (Wildman–Crippen LogP) is 2.71. The first-order chi connectivity index (χ1) is 12.0. The van der Waals surface area contributed by atoms with E-state index in [0.717, 1.165) is 5.56 Å². The van der Waals surface area contributed by atoms with Crippen LogP contribution in [0.15, 0.2) is 42.6 Å². The number of nitrogens with zero attached hydrogens (tertiary/aromatic N) is 1. The molecule has 0 bridgehead atoms. The molecule has 1 N–H and O–H groups in total. The number of carbonyl (C=O) groups excluding carboxylic acids is 1. The van der Waals surface area contributed by atoms with Gasteiger partial charge in [-0.3, -0.25) is 4.79 Å². The van der Waals surface area contributed by atoms with Gasteiger partial charge in [-0.2, -0.15) is 0 Å². The number of carbonyl (C=O) groups is 1. The lowest BCUT2D eigenvalue weighted by molar-refractivity contribution is -0.133. The van der Waals surface area contributed by atoms with Crippen molar-refractivity contribution in [1.29, 1.82) is 0 Å². The highest BCUT2D eigenvalue weighted by molar-refractivity contribution is 5.82. The molecule has 0 spiro atoms. The Bertz CT molecular complexity index is 748. The lowest BCUT2D eigenvalue weighted by atomic mass is 10.1. The quantitative estimate of drug-likeness (QED) is 0.905. The molecule has 1 aliphatic heterocycles. The molecule has 2 aromatic rings. The van der Waals surface area contributed by atoms with Gasteiger partial charge < -0.3 is 19.5 Å². The summed E-state index contributed by atoms with van der Waals surface area (Å²) in [6, 6.07) is 11.0. The van der Waals surface area contributed by atoms with Crippen LogP contribution in [0.3, 0.4) is 0 Å². The van der Waals surface area contributed by atoms with E-state index in [-0.39, 0.29) is 18.1 Å². The maximum atomic E-state index is 12.5. The Morgan fingerprint density at radius 3 is 2.64 bits per heavy atom. The van der Waals surface area contributed by atoms with Gasteiger partial charge in [0.05, 0.1) is 6.10 Å². The fourth-order valence-electron chi connectivity index (χ4n) is 2.58. The Morgan fingerprint density at radius 1 is 1.20 bits per heavy atom. The van der Waals surface area contributed by atoms with Gasteiger partial charge in [-0.25, -0.2) is 4.98 Å². The number of pyridine rings is 1. The zero-order valence-corrected chi connectivity index (χ0v) is 14.6. The zero-order valence-electron chi connectivity index (χ0n) is 14.6. The lowest BCUT2D eigenvalue weighted by Crippen LogP contribution is -2.48. The molecule has 1 aliphatic rings. The molecule has 0 radical (unpaired) electrons. The lowest BCUT2D eigenvalue weighted by Gasteiger charge is -2.31. The normalized spacial score (nSPS) is 18.7. The molecular weight excluding hydrogens is 320 g/mol. The minimum Gasteiger partial charge on any atom is -0.482 e. The van der Waals surface area contributed by atoms with Crippen LogP contribution in [-0.2, 0) is 11.3 Å². The second-order valence-corrected chi connectivity index (χ2v) is 6.16. The van der Waals surface area contributed by atoms with Crippen LogP contribution in [-0.4, -0.2) is 29.2 Å². The Hall–Kier alpha value is -2.76. The number of para-hydroxylation sites is 2. The van der Waals surface area contributed by atoms with Crippen molar-refractivity contribution in [3.05, 3.63) is 48.2 Å². The van der Waals surface area contributed by atoms with Crippen LogP contribution in [0, 0.1) is 0 Å². The van der Waals surface area contributed by atoms with E-state index < -0.39 is 6.10 Å². The topological polar surface area (TPSA) is 69.7 Å². The summed E-state index contributed by atoms with van der Waals surface area (Å²) in [6.07, 6.45) is 0.590. The molecule has 1 amide bonds. The first kappa shape index (κ1) is 17.1.